The molecule has 1 saturated heterocycles. The van der Waals surface area contributed by atoms with Crippen LogP contribution in [0.3, 0.4) is 0 Å². The molecule has 2 heterocycles. The van der Waals surface area contributed by atoms with Gasteiger partial charge in [-0.05, 0) is 73.5 Å². The van der Waals surface area contributed by atoms with Gasteiger partial charge >= 0.3 is 5.97 Å². The number of nitrogens with zero attached hydrogens (tertiary/aromatic N) is 1. The van der Waals surface area contributed by atoms with Crippen LogP contribution in [0.2, 0.25) is 0 Å². The van der Waals surface area contributed by atoms with Gasteiger partial charge in [-0.25, -0.2) is 0 Å². The van der Waals surface area contributed by atoms with Crippen LogP contribution in [0.15, 0.2) is 6.07 Å². The van der Waals surface area contributed by atoms with Crippen molar-refractivity contribution in [1.82, 2.24) is 4.90 Å². The second kappa shape index (κ2) is 8.65. The number of likely N-dealkylation sites (tertiary alicyclic amines) is 1. The molecular formula is C19H27IN2O4. The zero-order valence-corrected chi connectivity index (χ0v) is 17.3. The number of aliphatic carboxylic acids is 1. The molecule has 0 saturated carbocycles. The number of hydrogen-bond donors (Lipinski definition) is 2. The van der Waals surface area contributed by atoms with E-state index in [1.54, 1.807) is 0 Å². The minimum absolute atomic E-state index is 0.0967. The number of carboxylic acids is 1. The maximum atomic E-state index is 12.2. The minimum atomic E-state index is -0.797. The van der Waals surface area contributed by atoms with Crippen molar-refractivity contribution >= 4 is 34.2 Å². The number of ether oxygens (including phenoxy) is 2. The molecule has 1 aromatic carbocycles. The van der Waals surface area contributed by atoms with Gasteiger partial charge in [0.25, 0.3) is 0 Å². The fourth-order valence-corrected chi connectivity index (χ4v) is 4.51. The van der Waals surface area contributed by atoms with Crippen LogP contribution in [0.1, 0.15) is 44.1 Å². The van der Waals surface area contributed by atoms with E-state index in [0.29, 0.717) is 36.0 Å². The average Bonchev–Trinajstić information content (AvgIpc) is 2.65. The number of carboxylic acid groups (broad SMARTS) is 1. The molecule has 1 aromatic rings. The smallest absolute Gasteiger partial charge is 0.311 e. The van der Waals surface area contributed by atoms with Gasteiger partial charge in [-0.15, -0.1) is 0 Å². The van der Waals surface area contributed by atoms with Crippen LogP contribution in [0.4, 0.5) is 5.69 Å². The summed E-state index contributed by atoms with van der Waals surface area (Å²) in [4.78, 5) is 14.6. The van der Waals surface area contributed by atoms with Gasteiger partial charge in [0, 0.05) is 9.13 Å². The molecule has 0 radical (unpaired) electrons. The Bertz CT molecular complexity index is 659. The lowest BCUT2D eigenvalue weighted by atomic mass is 9.79. The van der Waals surface area contributed by atoms with E-state index in [1.165, 1.54) is 12.8 Å². The van der Waals surface area contributed by atoms with Crippen molar-refractivity contribution in [2.45, 2.75) is 38.5 Å². The summed E-state index contributed by atoms with van der Waals surface area (Å²) in [6.45, 7) is 6.07. The van der Waals surface area contributed by atoms with Crippen LogP contribution in [-0.2, 0) is 4.79 Å². The highest BCUT2D eigenvalue weighted by atomic mass is 127. The predicted molar refractivity (Wildman–Crippen MR) is 109 cm³/mol. The lowest BCUT2D eigenvalue weighted by molar-refractivity contribution is -0.140. The first-order valence-electron chi connectivity index (χ1n) is 9.35. The van der Waals surface area contributed by atoms with Gasteiger partial charge in [-0.2, -0.15) is 0 Å². The summed E-state index contributed by atoms with van der Waals surface area (Å²) >= 11 is 2.14. The molecule has 0 aromatic heterocycles. The monoisotopic (exact) mass is 474 g/mol. The van der Waals surface area contributed by atoms with Gasteiger partial charge in [0.15, 0.2) is 11.5 Å². The number of nitrogens with two attached hydrogens (primary N) is 1. The van der Waals surface area contributed by atoms with Crippen LogP contribution >= 0.6 is 22.6 Å². The maximum absolute atomic E-state index is 12.2. The molecule has 0 aliphatic carbocycles. The van der Waals surface area contributed by atoms with Crippen LogP contribution in [0, 0.1) is 9.49 Å². The van der Waals surface area contributed by atoms with Crippen LogP contribution in [0.25, 0.3) is 0 Å². The van der Waals surface area contributed by atoms with Crippen molar-refractivity contribution in [3.63, 3.8) is 0 Å². The number of fused-ring (bicyclic) bond motifs is 1. The van der Waals surface area contributed by atoms with Gasteiger partial charge < -0.3 is 25.2 Å². The number of carbonyl (C=O) groups is 1. The molecule has 1 fully saturated rings. The van der Waals surface area contributed by atoms with E-state index >= 15 is 0 Å². The predicted octanol–water partition coefficient (Wildman–Crippen LogP) is 3.32. The van der Waals surface area contributed by atoms with Gasteiger partial charge in [-0.3, -0.25) is 4.79 Å². The van der Waals surface area contributed by atoms with E-state index in [1.807, 2.05) is 6.07 Å². The summed E-state index contributed by atoms with van der Waals surface area (Å²) in [7, 11) is 0. The summed E-state index contributed by atoms with van der Waals surface area (Å²) in [5, 5.41) is 10.0. The van der Waals surface area contributed by atoms with Crippen LogP contribution in [0.5, 0.6) is 11.5 Å². The highest BCUT2D eigenvalue weighted by molar-refractivity contribution is 14.1. The van der Waals surface area contributed by atoms with Crippen molar-refractivity contribution < 1.29 is 19.4 Å². The van der Waals surface area contributed by atoms with E-state index in [0.717, 1.165) is 36.0 Å². The van der Waals surface area contributed by atoms with Crippen LogP contribution in [-0.4, -0.2) is 48.8 Å². The maximum Gasteiger partial charge on any atom is 0.311 e. The Balaban J connectivity index is 1.86. The molecule has 7 heteroatoms. The Kier molecular flexibility index (Phi) is 6.50. The van der Waals surface area contributed by atoms with Gasteiger partial charge in [0.1, 0.15) is 13.2 Å². The second-order valence-corrected chi connectivity index (χ2v) is 8.23. The van der Waals surface area contributed by atoms with Gasteiger partial charge in [0.05, 0.1) is 11.6 Å². The van der Waals surface area contributed by atoms with Gasteiger partial charge in [-0.1, -0.05) is 13.3 Å². The minimum Gasteiger partial charge on any atom is -0.486 e. The lowest BCUT2D eigenvalue weighted by Crippen LogP contribution is -2.38. The molecule has 144 valence electrons. The Labute approximate surface area is 168 Å². The van der Waals surface area contributed by atoms with Crippen molar-refractivity contribution in [3.05, 3.63) is 15.2 Å². The standard InChI is InChI=1S/C19H27IN2O4/c1-2-3-6-22-7-4-12(5-8-22)15(19(23)24)13-11-14(20)16(21)18-17(13)25-9-10-26-18/h11-12,15H,2-10,21H2,1H3,(H,23,24). The number of piperidine rings is 1. The molecule has 3 N–H and O–H groups in total. The first-order valence-corrected chi connectivity index (χ1v) is 10.4. The molecule has 0 spiro atoms. The Morgan fingerprint density at radius 3 is 2.62 bits per heavy atom. The number of nitrogen functional groups attached to an aromatic ring is 1. The SMILES string of the molecule is CCCCN1CCC(C(C(=O)O)c2cc(I)c(N)c3c2OCCO3)CC1. The number of anilines is 1. The highest BCUT2D eigenvalue weighted by Crippen LogP contribution is 2.47. The zero-order valence-electron chi connectivity index (χ0n) is 15.2. The quantitative estimate of drug-likeness (QED) is 0.486. The summed E-state index contributed by atoms with van der Waals surface area (Å²) < 4.78 is 12.3. The summed E-state index contributed by atoms with van der Waals surface area (Å²) in [5.74, 6) is -0.263. The average molecular weight is 474 g/mol. The van der Waals surface area contributed by atoms with E-state index in [9.17, 15) is 9.90 Å². The number of hydrogen-bond acceptors (Lipinski definition) is 5. The van der Waals surface area contributed by atoms with Crippen molar-refractivity contribution in [2.24, 2.45) is 5.92 Å². The van der Waals surface area contributed by atoms with E-state index in [2.05, 4.69) is 34.4 Å². The Morgan fingerprint density at radius 2 is 2.00 bits per heavy atom. The Morgan fingerprint density at radius 1 is 1.35 bits per heavy atom. The topological polar surface area (TPSA) is 85.0 Å². The molecule has 6 nitrogen and oxygen atoms in total. The molecule has 3 rings (SSSR count). The number of rotatable bonds is 6. The largest absolute Gasteiger partial charge is 0.486 e. The van der Waals surface area contributed by atoms with E-state index in [-0.39, 0.29) is 5.92 Å². The fraction of sp³-hybridized carbons (Fsp3) is 0.632. The number of benzene rings is 1. The first kappa shape index (κ1) is 19.5. The summed E-state index contributed by atoms with van der Waals surface area (Å²) in [6, 6.07) is 1.87. The fourth-order valence-electron chi connectivity index (χ4n) is 3.93. The second-order valence-electron chi connectivity index (χ2n) is 7.06. The zero-order chi connectivity index (χ0) is 18.7. The van der Waals surface area contributed by atoms with Crippen molar-refractivity contribution in [1.29, 1.82) is 0 Å². The van der Waals surface area contributed by atoms with E-state index < -0.39 is 11.9 Å². The lowest BCUT2D eigenvalue weighted by Gasteiger charge is -2.36. The van der Waals surface area contributed by atoms with Crippen molar-refractivity contribution in [3.8, 4) is 11.5 Å². The van der Waals surface area contributed by atoms with Crippen molar-refractivity contribution in [2.75, 3.05) is 38.6 Å². The molecule has 2 aliphatic rings. The number of halogens is 1. The summed E-state index contributed by atoms with van der Waals surface area (Å²) in [6.07, 6.45) is 4.15. The third-order valence-corrected chi connectivity index (χ3v) is 6.25. The Hall–Kier alpha value is -1.22. The van der Waals surface area contributed by atoms with Gasteiger partial charge in [0.2, 0.25) is 0 Å². The number of unbranched alkanes of at least 4 members (excludes halogenated alkanes) is 1. The molecule has 26 heavy (non-hydrogen) atoms. The summed E-state index contributed by atoms with van der Waals surface area (Å²) in [5.41, 5.74) is 7.36. The molecule has 2 aliphatic heterocycles. The third kappa shape index (κ3) is 4.03. The first-order chi connectivity index (χ1) is 12.5. The molecular weight excluding hydrogens is 447 g/mol. The molecule has 1 atom stereocenters. The molecule has 0 bridgehead atoms. The normalized spacial score (nSPS) is 19.3. The highest BCUT2D eigenvalue weighted by Gasteiger charge is 2.37. The van der Waals surface area contributed by atoms with E-state index in [4.69, 9.17) is 15.2 Å². The van der Waals surface area contributed by atoms with Crippen LogP contribution < -0.4 is 15.2 Å². The molecule has 0 amide bonds. The molecule has 1 unspecified atom stereocenters. The third-order valence-electron chi connectivity index (χ3n) is 5.36.